The van der Waals surface area contributed by atoms with Crippen LogP contribution in [0.2, 0.25) is 0 Å². The Bertz CT molecular complexity index is 1260. The van der Waals surface area contributed by atoms with Gasteiger partial charge in [-0.3, -0.25) is 4.99 Å². The van der Waals surface area contributed by atoms with Gasteiger partial charge in [-0.2, -0.15) is 0 Å². The maximum atomic E-state index is 11.1. The SMILES string of the molecule is CC(C)(C)c1cccc(C=Nc2ccc3c(c2-c2c(O)ccc4c2CCCC4)CCCC3)c1O. The van der Waals surface area contributed by atoms with Crippen LogP contribution in [0.3, 0.4) is 0 Å². The minimum atomic E-state index is -0.153. The Morgan fingerprint density at radius 2 is 1.35 bits per heavy atom. The van der Waals surface area contributed by atoms with Gasteiger partial charge in [0.15, 0.2) is 0 Å². The molecule has 0 bridgehead atoms. The molecule has 0 amide bonds. The van der Waals surface area contributed by atoms with Gasteiger partial charge in [-0.15, -0.1) is 0 Å². The number of benzene rings is 3. The molecule has 0 aliphatic heterocycles. The lowest BCUT2D eigenvalue weighted by Gasteiger charge is -2.26. The lowest BCUT2D eigenvalue weighted by molar-refractivity contribution is 0.446. The van der Waals surface area contributed by atoms with E-state index in [9.17, 15) is 10.2 Å². The van der Waals surface area contributed by atoms with E-state index >= 15 is 0 Å². The smallest absolute Gasteiger partial charge is 0.128 e. The van der Waals surface area contributed by atoms with Crippen molar-refractivity contribution in [2.75, 3.05) is 0 Å². The van der Waals surface area contributed by atoms with Gasteiger partial charge in [0.25, 0.3) is 0 Å². The monoisotopic (exact) mass is 453 g/mol. The van der Waals surface area contributed by atoms with Crippen LogP contribution in [0, 0.1) is 0 Å². The summed E-state index contributed by atoms with van der Waals surface area (Å²) in [4.78, 5) is 4.94. The van der Waals surface area contributed by atoms with Crippen molar-refractivity contribution < 1.29 is 10.2 Å². The molecule has 3 nitrogen and oxygen atoms in total. The minimum Gasteiger partial charge on any atom is -0.507 e. The normalized spacial score (nSPS) is 15.9. The fourth-order valence-electron chi connectivity index (χ4n) is 5.71. The highest BCUT2D eigenvalue weighted by Gasteiger charge is 2.25. The molecule has 2 aliphatic carbocycles. The summed E-state index contributed by atoms with van der Waals surface area (Å²) in [5.41, 5.74) is 9.79. The van der Waals surface area contributed by atoms with Gasteiger partial charge in [0.05, 0.1) is 5.69 Å². The topological polar surface area (TPSA) is 52.8 Å². The zero-order valence-corrected chi connectivity index (χ0v) is 20.6. The number of fused-ring (bicyclic) bond motifs is 2. The summed E-state index contributed by atoms with van der Waals surface area (Å²) in [6, 6.07) is 14.1. The number of aliphatic imine (C=N–C) groups is 1. The Balaban J connectivity index is 1.68. The van der Waals surface area contributed by atoms with Crippen LogP contribution in [-0.4, -0.2) is 16.4 Å². The summed E-state index contributed by atoms with van der Waals surface area (Å²) >= 11 is 0. The van der Waals surface area contributed by atoms with Crippen molar-refractivity contribution in [2.45, 2.75) is 77.6 Å². The van der Waals surface area contributed by atoms with Crippen LogP contribution in [0.15, 0.2) is 47.5 Å². The second-order valence-electron chi connectivity index (χ2n) is 10.9. The zero-order chi connectivity index (χ0) is 23.9. The molecule has 3 aromatic carbocycles. The van der Waals surface area contributed by atoms with Crippen molar-refractivity contribution in [3.63, 3.8) is 0 Å². The molecule has 2 N–H and O–H groups in total. The van der Waals surface area contributed by atoms with Gasteiger partial charge in [-0.05, 0) is 103 Å². The van der Waals surface area contributed by atoms with Crippen LogP contribution >= 0.6 is 0 Å². The average molecular weight is 454 g/mol. The molecule has 0 unspecified atom stereocenters. The van der Waals surface area contributed by atoms with Crippen molar-refractivity contribution in [1.82, 2.24) is 0 Å². The minimum absolute atomic E-state index is 0.153. The van der Waals surface area contributed by atoms with Gasteiger partial charge in [0.1, 0.15) is 11.5 Å². The molecule has 0 saturated heterocycles. The van der Waals surface area contributed by atoms with Gasteiger partial charge in [0, 0.05) is 22.9 Å². The molecule has 0 fully saturated rings. The molecule has 0 atom stereocenters. The third kappa shape index (κ3) is 4.13. The summed E-state index contributed by atoms with van der Waals surface area (Å²) in [6.07, 6.45) is 10.7. The predicted molar refractivity (Wildman–Crippen MR) is 141 cm³/mol. The fourth-order valence-corrected chi connectivity index (χ4v) is 5.71. The summed E-state index contributed by atoms with van der Waals surface area (Å²) in [5, 5.41) is 22.1. The van der Waals surface area contributed by atoms with Crippen LogP contribution in [-0.2, 0) is 31.1 Å². The molecular weight excluding hydrogens is 418 g/mol. The number of phenolic OH excluding ortho intramolecular Hbond substituents is 2. The van der Waals surface area contributed by atoms with Crippen molar-refractivity contribution in [1.29, 1.82) is 0 Å². The molecule has 176 valence electrons. The second-order valence-corrected chi connectivity index (χ2v) is 10.9. The number of aromatic hydroxyl groups is 2. The Hall–Kier alpha value is -3.07. The van der Waals surface area contributed by atoms with E-state index in [1.807, 2.05) is 24.3 Å². The van der Waals surface area contributed by atoms with Gasteiger partial charge in [-0.25, -0.2) is 0 Å². The van der Waals surface area contributed by atoms with E-state index in [1.54, 1.807) is 6.21 Å². The number of aryl methyl sites for hydroxylation is 2. The first kappa shape index (κ1) is 22.7. The lowest BCUT2D eigenvalue weighted by Crippen LogP contribution is -2.11. The maximum Gasteiger partial charge on any atom is 0.128 e. The lowest BCUT2D eigenvalue weighted by atomic mass is 9.80. The van der Waals surface area contributed by atoms with E-state index in [4.69, 9.17) is 4.99 Å². The molecule has 34 heavy (non-hydrogen) atoms. The Kier molecular flexibility index (Phi) is 5.97. The number of phenols is 2. The second kappa shape index (κ2) is 8.94. The van der Waals surface area contributed by atoms with E-state index in [1.165, 1.54) is 35.1 Å². The summed E-state index contributed by atoms with van der Waals surface area (Å²) in [6.45, 7) is 6.31. The van der Waals surface area contributed by atoms with E-state index in [-0.39, 0.29) is 11.2 Å². The van der Waals surface area contributed by atoms with Crippen LogP contribution in [0.25, 0.3) is 11.1 Å². The Labute approximate surface area is 203 Å². The third-order valence-electron chi connectivity index (χ3n) is 7.49. The standard InChI is InChI=1S/C31H35NO2/c1-31(2,3)25-14-8-11-22(30(25)34)19-32-26-17-15-20-9-4-6-12-23(20)28(26)29-24-13-7-5-10-21(24)16-18-27(29)33/h8,11,14-19,33-34H,4-7,9-10,12-13H2,1-3H3. The highest BCUT2D eigenvalue weighted by Crippen LogP contribution is 2.46. The summed E-state index contributed by atoms with van der Waals surface area (Å²) in [5.74, 6) is 0.645. The quantitative estimate of drug-likeness (QED) is 0.402. The highest BCUT2D eigenvalue weighted by molar-refractivity contribution is 5.92. The number of para-hydroxylation sites is 1. The first-order valence-corrected chi connectivity index (χ1v) is 12.7. The van der Waals surface area contributed by atoms with Gasteiger partial charge in [-0.1, -0.05) is 45.0 Å². The molecule has 5 rings (SSSR count). The number of nitrogens with zero attached hydrogens (tertiary/aromatic N) is 1. The van der Waals surface area contributed by atoms with Crippen molar-refractivity contribution in [3.05, 3.63) is 75.8 Å². The number of rotatable bonds is 3. The third-order valence-corrected chi connectivity index (χ3v) is 7.49. The van der Waals surface area contributed by atoms with Gasteiger partial charge in [0.2, 0.25) is 0 Å². The van der Waals surface area contributed by atoms with Crippen molar-refractivity contribution in [3.8, 4) is 22.6 Å². The Morgan fingerprint density at radius 1 is 0.735 bits per heavy atom. The molecule has 0 saturated carbocycles. The van der Waals surface area contributed by atoms with Crippen LogP contribution in [0.5, 0.6) is 11.5 Å². The molecular formula is C31H35NO2. The first-order valence-electron chi connectivity index (χ1n) is 12.7. The molecule has 0 aromatic heterocycles. The van der Waals surface area contributed by atoms with Crippen LogP contribution in [0.4, 0.5) is 5.69 Å². The van der Waals surface area contributed by atoms with Crippen LogP contribution in [0.1, 0.15) is 79.8 Å². The predicted octanol–water partition coefficient (Wildman–Crippen LogP) is 7.57. The van der Waals surface area contributed by atoms with E-state index in [0.29, 0.717) is 5.75 Å². The van der Waals surface area contributed by atoms with Gasteiger partial charge < -0.3 is 10.2 Å². The molecule has 0 heterocycles. The first-order chi connectivity index (χ1) is 16.3. The fraction of sp³-hybridized carbons (Fsp3) is 0.387. The van der Waals surface area contributed by atoms with Crippen LogP contribution < -0.4 is 0 Å². The van der Waals surface area contributed by atoms with E-state index < -0.39 is 0 Å². The van der Waals surface area contributed by atoms with Gasteiger partial charge >= 0.3 is 0 Å². The summed E-state index contributed by atoms with van der Waals surface area (Å²) in [7, 11) is 0. The average Bonchev–Trinajstić information content (AvgIpc) is 2.83. The number of hydrogen-bond donors (Lipinski definition) is 2. The highest BCUT2D eigenvalue weighted by atomic mass is 16.3. The molecule has 3 heteroatoms. The Morgan fingerprint density at radius 3 is 2.03 bits per heavy atom. The number of hydrogen-bond acceptors (Lipinski definition) is 3. The molecule has 2 aliphatic rings. The molecule has 0 radical (unpaired) electrons. The zero-order valence-electron chi connectivity index (χ0n) is 20.6. The largest absolute Gasteiger partial charge is 0.507 e. The van der Waals surface area contributed by atoms with Crippen molar-refractivity contribution >= 4 is 11.9 Å². The summed E-state index contributed by atoms with van der Waals surface area (Å²) < 4.78 is 0. The maximum absolute atomic E-state index is 11.1. The van der Waals surface area contributed by atoms with Crippen molar-refractivity contribution in [2.24, 2.45) is 4.99 Å². The molecule has 0 spiro atoms. The van der Waals surface area contributed by atoms with E-state index in [2.05, 4.69) is 39.0 Å². The molecule has 3 aromatic rings. The van der Waals surface area contributed by atoms with E-state index in [0.717, 1.165) is 66.5 Å².